The number of fused-ring (bicyclic) bond motifs is 1. The third kappa shape index (κ3) is 3.13. The van der Waals surface area contributed by atoms with E-state index in [0.29, 0.717) is 16.1 Å². The van der Waals surface area contributed by atoms with Gasteiger partial charge in [0.1, 0.15) is 5.69 Å². The van der Waals surface area contributed by atoms with E-state index in [-0.39, 0.29) is 16.7 Å². The zero-order valence-electron chi connectivity index (χ0n) is 11.8. The number of nitrogens with one attached hydrogen (secondary N) is 1. The Morgan fingerprint density at radius 2 is 1.79 bits per heavy atom. The predicted octanol–water partition coefficient (Wildman–Crippen LogP) is 4.37. The van der Waals surface area contributed by atoms with Gasteiger partial charge < -0.3 is 9.82 Å². The van der Waals surface area contributed by atoms with Gasteiger partial charge in [-0.2, -0.15) is 13.2 Å². The van der Waals surface area contributed by atoms with Gasteiger partial charge in [0.05, 0.1) is 16.1 Å². The molecular weight excluding hydrogens is 347 g/mol. The van der Waals surface area contributed by atoms with Crippen molar-refractivity contribution in [2.75, 3.05) is 5.06 Å². The van der Waals surface area contributed by atoms with Gasteiger partial charge in [-0.05, 0) is 24.3 Å². The lowest BCUT2D eigenvalue weighted by Gasteiger charge is -2.21. The van der Waals surface area contributed by atoms with E-state index in [9.17, 15) is 18.0 Å². The summed E-state index contributed by atoms with van der Waals surface area (Å²) in [5.74, 6) is -2.50. The van der Waals surface area contributed by atoms with Crippen molar-refractivity contribution in [1.29, 1.82) is 0 Å². The minimum atomic E-state index is -5.16. The van der Waals surface area contributed by atoms with Crippen LogP contribution in [0.4, 0.5) is 24.8 Å². The lowest BCUT2D eigenvalue weighted by molar-refractivity contribution is -0.200. The Morgan fingerprint density at radius 3 is 2.46 bits per heavy atom. The van der Waals surface area contributed by atoms with Crippen molar-refractivity contribution >= 4 is 40.2 Å². The molecule has 0 fully saturated rings. The highest BCUT2D eigenvalue weighted by atomic mass is 35.5. The fraction of sp³-hybridized carbons (Fsp3) is 0.0667. The van der Waals surface area contributed by atoms with Crippen LogP contribution in [0.3, 0.4) is 0 Å². The average molecular weight is 356 g/mol. The van der Waals surface area contributed by atoms with Crippen molar-refractivity contribution in [1.82, 2.24) is 9.97 Å². The molecule has 3 rings (SSSR count). The number of carbonyl (C=O) groups excluding carboxylic acids is 1. The molecule has 0 aliphatic heterocycles. The molecule has 1 N–H and O–H groups in total. The number of rotatable bonds is 3. The lowest BCUT2D eigenvalue weighted by Crippen LogP contribution is -2.33. The van der Waals surface area contributed by atoms with E-state index < -0.39 is 12.1 Å². The summed E-state index contributed by atoms with van der Waals surface area (Å²) in [5.41, 5.74) is 1.09. The fourth-order valence-electron chi connectivity index (χ4n) is 1.99. The number of hydrogen-bond acceptors (Lipinski definition) is 4. The Balaban J connectivity index is 2.07. The van der Waals surface area contributed by atoms with E-state index in [1.807, 2.05) is 0 Å². The summed E-state index contributed by atoms with van der Waals surface area (Å²) in [4.78, 5) is 22.7. The maximum Gasteiger partial charge on any atom is 0.493 e. The molecule has 124 valence electrons. The third-order valence-electron chi connectivity index (χ3n) is 3.05. The number of halogens is 4. The van der Waals surface area contributed by atoms with E-state index in [1.165, 1.54) is 18.2 Å². The molecule has 0 amide bonds. The van der Waals surface area contributed by atoms with Crippen LogP contribution in [0.2, 0.25) is 5.02 Å². The van der Waals surface area contributed by atoms with E-state index in [1.54, 1.807) is 30.3 Å². The Morgan fingerprint density at radius 1 is 1.12 bits per heavy atom. The van der Waals surface area contributed by atoms with Crippen molar-refractivity contribution in [3.8, 4) is 0 Å². The number of anilines is 2. The van der Waals surface area contributed by atoms with Gasteiger partial charge in [-0.15, -0.1) is 5.06 Å². The Kier molecular flexibility index (Phi) is 4.06. The number of aromatic amines is 1. The topological polar surface area (TPSA) is 58.2 Å². The Labute approximate surface area is 138 Å². The summed E-state index contributed by atoms with van der Waals surface area (Å²) in [6.45, 7) is 0. The number of H-pyrrole nitrogens is 1. The average Bonchev–Trinajstić information content (AvgIpc) is 2.96. The molecule has 0 aliphatic carbocycles. The smallest absolute Gasteiger partial charge is 0.324 e. The second-order valence-electron chi connectivity index (χ2n) is 4.70. The van der Waals surface area contributed by atoms with Gasteiger partial charge in [0.2, 0.25) is 5.95 Å². The minimum Gasteiger partial charge on any atom is -0.324 e. The number of carbonyl (C=O) groups is 1. The maximum atomic E-state index is 12.6. The molecular formula is C15H9ClF3N3O2. The van der Waals surface area contributed by atoms with Gasteiger partial charge in [0.25, 0.3) is 0 Å². The van der Waals surface area contributed by atoms with E-state index in [4.69, 9.17) is 11.6 Å². The highest BCUT2D eigenvalue weighted by molar-refractivity contribution is 6.33. The Hall–Kier alpha value is -2.74. The summed E-state index contributed by atoms with van der Waals surface area (Å²) in [6.07, 6.45) is -5.16. The first-order valence-corrected chi connectivity index (χ1v) is 7.02. The highest BCUT2D eigenvalue weighted by Crippen LogP contribution is 2.33. The van der Waals surface area contributed by atoms with Crippen LogP contribution in [0.5, 0.6) is 0 Å². The van der Waals surface area contributed by atoms with Crippen LogP contribution >= 0.6 is 11.6 Å². The van der Waals surface area contributed by atoms with E-state index in [2.05, 4.69) is 14.8 Å². The zero-order chi connectivity index (χ0) is 17.3. The molecule has 5 nitrogen and oxygen atoms in total. The Bertz CT molecular complexity index is 862. The lowest BCUT2D eigenvalue weighted by atomic mass is 10.3. The van der Waals surface area contributed by atoms with Gasteiger partial charge in [-0.3, -0.25) is 0 Å². The molecule has 0 spiro atoms. The van der Waals surface area contributed by atoms with Gasteiger partial charge in [-0.25, -0.2) is 9.78 Å². The van der Waals surface area contributed by atoms with Crippen molar-refractivity contribution in [2.45, 2.75) is 6.18 Å². The second-order valence-corrected chi connectivity index (χ2v) is 5.11. The van der Waals surface area contributed by atoms with Gasteiger partial charge in [0, 0.05) is 0 Å². The van der Waals surface area contributed by atoms with Crippen molar-refractivity contribution in [3.63, 3.8) is 0 Å². The summed E-state index contributed by atoms with van der Waals surface area (Å²) >= 11 is 6.01. The quantitative estimate of drug-likeness (QED) is 0.708. The molecule has 24 heavy (non-hydrogen) atoms. The molecule has 1 aromatic heterocycles. The molecule has 0 bridgehead atoms. The number of aromatic nitrogens is 2. The zero-order valence-corrected chi connectivity index (χ0v) is 12.6. The third-order valence-corrected chi connectivity index (χ3v) is 3.37. The normalized spacial score (nSPS) is 11.5. The molecule has 0 saturated heterocycles. The van der Waals surface area contributed by atoms with E-state index in [0.717, 1.165) is 0 Å². The summed E-state index contributed by atoms with van der Waals surface area (Å²) in [6, 6.07) is 12.8. The first-order valence-electron chi connectivity index (χ1n) is 6.65. The molecule has 0 unspecified atom stereocenters. The van der Waals surface area contributed by atoms with Crippen LogP contribution in [0.1, 0.15) is 0 Å². The number of imidazole rings is 1. The van der Waals surface area contributed by atoms with Crippen molar-refractivity contribution in [3.05, 3.63) is 53.6 Å². The number of nitrogens with zero attached hydrogens (tertiary/aromatic N) is 2. The second kappa shape index (κ2) is 6.04. The maximum absolute atomic E-state index is 12.6. The largest absolute Gasteiger partial charge is 0.493 e. The molecule has 9 heteroatoms. The molecule has 0 radical (unpaired) electrons. The number of alkyl halides is 3. The molecule has 0 saturated carbocycles. The standard InChI is InChI=1S/C15H9ClF3N3O2/c16-9-5-1-4-8-12(9)22(24-13(23)15(17,18)19)14-20-10-6-2-3-7-11(10)21-14/h1-8H,(H,20,21). The summed E-state index contributed by atoms with van der Waals surface area (Å²) in [5, 5.41) is 0.714. The van der Waals surface area contributed by atoms with Crippen LogP contribution in [0, 0.1) is 0 Å². The van der Waals surface area contributed by atoms with Crippen LogP contribution < -0.4 is 5.06 Å². The van der Waals surface area contributed by atoms with E-state index >= 15 is 0 Å². The number of para-hydroxylation sites is 3. The van der Waals surface area contributed by atoms with Gasteiger partial charge in [0.15, 0.2) is 0 Å². The monoisotopic (exact) mass is 355 g/mol. The van der Waals surface area contributed by atoms with Gasteiger partial charge >= 0.3 is 12.1 Å². The van der Waals surface area contributed by atoms with Crippen molar-refractivity contribution < 1.29 is 22.8 Å². The van der Waals surface area contributed by atoms with Crippen LogP contribution in [0.15, 0.2) is 48.5 Å². The molecule has 1 heterocycles. The fourth-order valence-corrected chi connectivity index (χ4v) is 2.21. The number of hydrogen-bond donors (Lipinski definition) is 1. The molecule has 0 aliphatic rings. The summed E-state index contributed by atoms with van der Waals surface area (Å²) < 4.78 is 37.7. The van der Waals surface area contributed by atoms with Crippen molar-refractivity contribution in [2.24, 2.45) is 0 Å². The molecule has 0 atom stereocenters. The first kappa shape index (κ1) is 16.1. The first-order chi connectivity index (χ1) is 11.4. The minimum absolute atomic E-state index is 0.0378. The SMILES string of the molecule is O=C(ON(c1nc2ccccc2[nH]1)c1ccccc1Cl)C(F)(F)F. The molecule has 2 aromatic carbocycles. The summed E-state index contributed by atoms with van der Waals surface area (Å²) in [7, 11) is 0. The van der Waals surface area contributed by atoms with Crippen LogP contribution in [0.25, 0.3) is 11.0 Å². The van der Waals surface area contributed by atoms with Gasteiger partial charge in [-0.1, -0.05) is 35.9 Å². The van der Waals surface area contributed by atoms with Crippen LogP contribution in [-0.4, -0.2) is 22.1 Å². The number of benzene rings is 2. The van der Waals surface area contributed by atoms with Crippen LogP contribution in [-0.2, 0) is 9.63 Å². The highest BCUT2D eigenvalue weighted by Gasteiger charge is 2.43. The predicted molar refractivity (Wildman–Crippen MR) is 81.8 cm³/mol. The molecule has 3 aromatic rings.